The average molecular weight is 258 g/mol. The lowest BCUT2D eigenvalue weighted by Gasteiger charge is -2.19. The van der Waals surface area contributed by atoms with Crippen molar-refractivity contribution in [3.8, 4) is 5.75 Å². The standard InChI is InChI=1S/C11H16BrNO/c1-5-9-10(12)6-8(14-4)7-11(9)13(2)3/h6-7H,5H2,1-4H3. The molecular formula is C11H16BrNO. The van der Waals surface area contributed by atoms with E-state index in [0.717, 1.165) is 16.6 Å². The first-order chi connectivity index (χ1) is 6.60. The van der Waals surface area contributed by atoms with Crippen LogP contribution in [0.15, 0.2) is 16.6 Å². The van der Waals surface area contributed by atoms with Crippen molar-refractivity contribution in [2.75, 3.05) is 26.1 Å². The Labute approximate surface area is 94.0 Å². The molecule has 0 amide bonds. The average Bonchev–Trinajstić information content (AvgIpc) is 2.16. The number of anilines is 1. The molecule has 0 aromatic heterocycles. The molecule has 1 rings (SSSR count). The number of rotatable bonds is 3. The summed E-state index contributed by atoms with van der Waals surface area (Å²) in [5.41, 5.74) is 2.52. The van der Waals surface area contributed by atoms with Gasteiger partial charge in [-0.05, 0) is 18.1 Å². The number of ether oxygens (including phenoxy) is 1. The largest absolute Gasteiger partial charge is 0.497 e. The van der Waals surface area contributed by atoms with Gasteiger partial charge in [0.2, 0.25) is 0 Å². The van der Waals surface area contributed by atoms with Crippen LogP contribution in [-0.4, -0.2) is 21.2 Å². The Morgan fingerprint density at radius 3 is 2.43 bits per heavy atom. The van der Waals surface area contributed by atoms with Crippen LogP contribution in [0.25, 0.3) is 0 Å². The Bertz CT molecular complexity index is 323. The van der Waals surface area contributed by atoms with Gasteiger partial charge >= 0.3 is 0 Å². The summed E-state index contributed by atoms with van der Waals surface area (Å²) in [4.78, 5) is 2.10. The molecule has 0 saturated carbocycles. The molecule has 3 heteroatoms. The molecule has 2 nitrogen and oxygen atoms in total. The topological polar surface area (TPSA) is 12.5 Å². The minimum absolute atomic E-state index is 0.887. The van der Waals surface area contributed by atoms with Gasteiger partial charge in [0.15, 0.2) is 0 Å². The zero-order valence-corrected chi connectivity index (χ0v) is 10.7. The van der Waals surface area contributed by atoms with Gasteiger partial charge in [0.05, 0.1) is 7.11 Å². The number of benzene rings is 1. The van der Waals surface area contributed by atoms with Crippen molar-refractivity contribution in [2.45, 2.75) is 13.3 Å². The van der Waals surface area contributed by atoms with E-state index in [1.165, 1.54) is 11.3 Å². The second-order valence-electron chi connectivity index (χ2n) is 3.35. The maximum atomic E-state index is 5.23. The van der Waals surface area contributed by atoms with Gasteiger partial charge in [-0.3, -0.25) is 0 Å². The van der Waals surface area contributed by atoms with E-state index in [0.29, 0.717) is 0 Å². The van der Waals surface area contributed by atoms with Crippen LogP contribution in [0.3, 0.4) is 0 Å². The zero-order valence-electron chi connectivity index (χ0n) is 9.10. The number of nitrogens with zero attached hydrogens (tertiary/aromatic N) is 1. The molecule has 0 radical (unpaired) electrons. The van der Waals surface area contributed by atoms with Crippen molar-refractivity contribution in [1.82, 2.24) is 0 Å². The molecule has 0 aliphatic carbocycles. The first kappa shape index (κ1) is 11.4. The summed E-state index contributed by atoms with van der Waals surface area (Å²) in [5.74, 6) is 0.887. The van der Waals surface area contributed by atoms with Crippen molar-refractivity contribution in [3.05, 3.63) is 22.2 Å². The van der Waals surface area contributed by atoms with E-state index in [4.69, 9.17) is 4.74 Å². The molecule has 0 N–H and O–H groups in total. The van der Waals surface area contributed by atoms with Gasteiger partial charge in [-0.1, -0.05) is 22.9 Å². The lowest BCUT2D eigenvalue weighted by Crippen LogP contribution is -2.11. The summed E-state index contributed by atoms with van der Waals surface area (Å²) in [7, 11) is 5.77. The van der Waals surface area contributed by atoms with Crippen LogP contribution >= 0.6 is 15.9 Å². The minimum atomic E-state index is 0.887. The molecular weight excluding hydrogens is 242 g/mol. The summed E-state index contributed by atoms with van der Waals surface area (Å²) < 4.78 is 6.34. The van der Waals surface area contributed by atoms with Gasteiger partial charge in [-0.2, -0.15) is 0 Å². The van der Waals surface area contributed by atoms with Crippen LogP contribution in [0.2, 0.25) is 0 Å². The summed E-state index contributed by atoms with van der Waals surface area (Å²) in [5, 5.41) is 0. The van der Waals surface area contributed by atoms with Crippen molar-refractivity contribution < 1.29 is 4.74 Å². The Kier molecular flexibility index (Phi) is 3.81. The van der Waals surface area contributed by atoms with E-state index in [-0.39, 0.29) is 0 Å². The molecule has 0 atom stereocenters. The van der Waals surface area contributed by atoms with Crippen molar-refractivity contribution in [2.24, 2.45) is 0 Å². The van der Waals surface area contributed by atoms with E-state index in [1.54, 1.807) is 7.11 Å². The SMILES string of the molecule is CCc1c(Br)cc(OC)cc1N(C)C. The van der Waals surface area contributed by atoms with Crippen molar-refractivity contribution in [1.29, 1.82) is 0 Å². The first-order valence-electron chi connectivity index (χ1n) is 4.63. The molecule has 0 aliphatic rings. The van der Waals surface area contributed by atoms with E-state index in [1.807, 2.05) is 20.2 Å². The van der Waals surface area contributed by atoms with E-state index < -0.39 is 0 Å². The molecule has 0 saturated heterocycles. The van der Waals surface area contributed by atoms with E-state index in [2.05, 4.69) is 33.8 Å². The fraction of sp³-hybridized carbons (Fsp3) is 0.455. The predicted octanol–water partition coefficient (Wildman–Crippen LogP) is 3.09. The van der Waals surface area contributed by atoms with Crippen LogP contribution in [0.1, 0.15) is 12.5 Å². The van der Waals surface area contributed by atoms with E-state index >= 15 is 0 Å². The molecule has 78 valence electrons. The molecule has 1 aromatic carbocycles. The van der Waals surface area contributed by atoms with Crippen LogP contribution in [0.4, 0.5) is 5.69 Å². The third kappa shape index (κ3) is 2.21. The normalized spacial score (nSPS) is 10.1. The highest BCUT2D eigenvalue weighted by Gasteiger charge is 2.09. The third-order valence-corrected chi connectivity index (χ3v) is 2.92. The Morgan fingerprint density at radius 2 is 2.00 bits per heavy atom. The fourth-order valence-corrected chi connectivity index (χ4v) is 2.17. The highest BCUT2D eigenvalue weighted by molar-refractivity contribution is 9.10. The summed E-state index contributed by atoms with van der Waals surface area (Å²) in [6, 6.07) is 4.06. The lowest BCUT2D eigenvalue weighted by atomic mass is 10.1. The summed E-state index contributed by atoms with van der Waals surface area (Å²) in [6.45, 7) is 2.15. The molecule has 0 unspecified atom stereocenters. The summed E-state index contributed by atoms with van der Waals surface area (Å²) in [6.07, 6.45) is 1.01. The quantitative estimate of drug-likeness (QED) is 0.826. The van der Waals surface area contributed by atoms with Crippen LogP contribution in [-0.2, 0) is 6.42 Å². The monoisotopic (exact) mass is 257 g/mol. The van der Waals surface area contributed by atoms with Gasteiger partial charge in [-0.15, -0.1) is 0 Å². The number of hydrogen-bond acceptors (Lipinski definition) is 2. The number of halogens is 1. The third-order valence-electron chi connectivity index (χ3n) is 2.22. The highest BCUT2D eigenvalue weighted by Crippen LogP contribution is 2.32. The van der Waals surface area contributed by atoms with E-state index in [9.17, 15) is 0 Å². The Morgan fingerprint density at radius 1 is 1.36 bits per heavy atom. The highest BCUT2D eigenvalue weighted by atomic mass is 79.9. The van der Waals surface area contributed by atoms with Crippen LogP contribution < -0.4 is 9.64 Å². The van der Waals surface area contributed by atoms with Gasteiger partial charge in [-0.25, -0.2) is 0 Å². The smallest absolute Gasteiger partial charge is 0.122 e. The first-order valence-corrected chi connectivity index (χ1v) is 5.43. The maximum absolute atomic E-state index is 5.23. The van der Waals surface area contributed by atoms with Gasteiger partial charge in [0, 0.05) is 30.3 Å². The molecule has 0 fully saturated rings. The number of methoxy groups -OCH3 is 1. The molecule has 0 heterocycles. The second-order valence-corrected chi connectivity index (χ2v) is 4.21. The fourth-order valence-electron chi connectivity index (χ4n) is 1.46. The second kappa shape index (κ2) is 4.69. The van der Waals surface area contributed by atoms with Gasteiger partial charge < -0.3 is 9.64 Å². The molecule has 0 spiro atoms. The van der Waals surface area contributed by atoms with Gasteiger partial charge in [0.1, 0.15) is 5.75 Å². The Balaban J connectivity index is 3.28. The predicted molar refractivity (Wildman–Crippen MR) is 64.4 cm³/mol. The molecule has 14 heavy (non-hydrogen) atoms. The lowest BCUT2D eigenvalue weighted by molar-refractivity contribution is 0.414. The van der Waals surface area contributed by atoms with Crippen molar-refractivity contribution >= 4 is 21.6 Å². The van der Waals surface area contributed by atoms with Crippen molar-refractivity contribution in [3.63, 3.8) is 0 Å². The number of hydrogen-bond donors (Lipinski definition) is 0. The van der Waals surface area contributed by atoms with Crippen LogP contribution in [0, 0.1) is 0 Å². The molecule has 0 aliphatic heterocycles. The minimum Gasteiger partial charge on any atom is -0.497 e. The molecule has 1 aromatic rings. The van der Waals surface area contributed by atoms with Gasteiger partial charge in [0.25, 0.3) is 0 Å². The maximum Gasteiger partial charge on any atom is 0.122 e. The van der Waals surface area contributed by atoms with Crippen LogP contribution in [0.5, 0.6) is 5.75 Å². The summed E-state index contributed by atoms with van der Waals surface area (Å²) >= 11 is 3.56. The molecule has 0 bridgehead atoms. The zero-order chi connectivity index (χ0) is 10.7. The Hall–Kier alpha value is -0.700.